The number of ether oxygens (including phenoxy) is 3. The van der Waals surface area contributed by atoms with Crippen LogP contribution >= 0.6 is 0 Å². The first-order valence-electron chi connectivity index (χ1n) is 8.54. The normalized spacial score (nSPS) is 33.5. The number of rotatable bonds is 7. The van der Waals surface area contributed by atoms with Gasteiger partial charge in [-0.2, -0.15) is 5.26 Å². The third kappa shape index (κ3) is 5.58. The molecule has 2 fully saturated rings. The van der Waals surface area contributed by atoms with Crippen LogP contribution in [-0.2, 0) is 14.2 Å². The highest BCUT2D eigenvalue weighted by molar-refractivity contribution is 4.88. The summed E-state index contributed by atoms with van der Waals surface area (Å²) in [5.74, 6) is 1.20. The molecule has 0 N–H and O–H groups in total. The SMILES string of the molecule is CCCCOCC[C@H]1CO[C@H](C2CCC(C#N)CC2)OC1. The summed E-state index contributed by atoms with van der Waals surface area (Å²) in [6.07, 6.45) is 7.44. The summed E-state index contributed by atoms with van der Waals surface area (Å²) in [7, 11) is 0. The molecule has 0 amide bonds. The minimum Gasteiger partial charge on any atom is -0.381 e. The minimum absolute atomic E-state index is 0.0399. The predicted octanol–water partition coefficient (Wildman–Crippen LogP) is 3.51. The molecule has 2 rings (SSSR count). The number of hydrogen-bond donors (Lipinski definition) is 0. The Morgan fingerprint density at radius 2 is 1.81 bits per heavy atom. The quantitative estimate of drug-likeness (QED) is 0.674. The molecular weight excluding hydrogens is 266 g/mol. The Morgan fingerprint density at radius 1 is 1.10 bits per heavy atom. The Labute approximate surface area is 128 Å². The molecule has 0 radical (unpaired) electrons. The van der Waals surface area contributed by atoms with Gasteiger partial charge in [-0.05, 0) is 38.5 Å². The van der Waals surface area contributed by atoms with Crippen molar-refractivity contribution in [1.29, 1.82) is 5.26 Å². The summed E-state index contributed by atoms with van der Waals surface area (Å²) < 4.78 is 17.4. The minimum atomic E-state index is -0.0399. The van der Waals surface area contributed by atoms with Crippen molar-refractivity contribution < 1.29 is 14.2 Å². The van der Waals surface area contributed by atoms with E-state index < -0.39 is 0 Å². The molecule has 0 spiro atoms. The maximum absolute atomic E-state index is 8.93. The summed E-state index contributed by atoms with van der Waals surface area (Å²) in [5, 5.41) is 8.93. The molecule has 2 aliphatic rings. The van der Waals surface area contributed by atoms with Crippen LogP contribution in [0.25, 0.3) is 0 Å². The Morgan fingerprint density at radius 3 is 2.43 bits per heavy atom. The maximum atomic E-state index is 8.93. The fraction of sp³-hybridized carbons (Fsp3) is 0.941. The molecule has 21 heavy (non-hydrogen) atoms. The van der Waals surface area contributed by atoms with Crippen molar-refractivity contribution in [2.75, 3.05) is 26.4 Å². The van der Waals surface area contributed by atoms with E-state index in [4.69, 9.17) is 19.5 Å². The Kier molecular flexibility index (Phi) is 7.49. The smallest absolute Gasteiger partial charge is 0.160 e. The molecule has 0 aromatic rings. The van der Waals surface area contributed by atoms with E-state index in [1.165, 1.54) is 6.42 Å². The molecule has 1 saturated carbocycles. The van der Waals surface area contributed by atoms with Gasteiger partial charge in [0.15, 0.2) is 6.29 Å². The maximum Gasteiger partial charge on any atom is 0.160 e. The van der Waals surface area contributed by atoms with Gasteiger partial charge in [-0.1, -0.05) is 13.3 Å². The first-order valence-corrected chi connectivity index (χ1v) is 8.54. The van der Waals surface area contributed by atoms with Crippen LogP contribution in [0.1, 0.15) is 51.9 Å². The third-order valence-electron chi connectivity index (χ3n) is 4.64. The second-order valence-electron chi connectivity index (χ2n) is 6.40. The van der Waals surface area contributed by atoms with Gasteiger partial charge in [0.05, 0.1) is 19.3 Å². The van der Waals surface area contributed by atoms with E-state index in [1.54, 1.807) is 0 Å². The van der Waals surface area contributed by atoms with E-state index >= 15 is 0 Å². The van der Waals surface area contributed by atoms with Gasteiger partial charge < -0.3 is 14.2 Å². The molecule has 0 aromatic heterocycles. The molecule has 0 aromatic carbocycles. The van der Waals surface area contributed by atoms with E-state index in [-0.39, 0.29) is 12.2 Å². The number of hydrogen-bond acceptors (Lipinski definition) is 4. The monoisotopic (exact) mass is 295 g/mol. The van der Waals surface area contributed by atoms with E-state index in [2.05, 4.69) is 13.0 Å². The second-order valence-corrected chi connectivity index (χ2v) is 6.40. The van der Waals surface area contributed by atoms with Crippen LogP contribution < -0.4 is 0 Å². The van der Waals surface area contributed by atoms with Crippen molar-refractivity contribution in [1.82, 2.24) is 0 Å². The molecule has 4 nitrogen and oxygen atoms in total. The molecule has 120 valence electrons. The highest BCUT2D eigenvalue weighted by atomic mass is 16.7. The van der Waals surface area contributed by atoms with Crippen molar-refractivity contribution in [3.8, 4) is 6.07 Å². The largest absolute Gasteiger partial charge is 0.381 e. The number of nitriles is 1. The zero-order chi connectivity index (χ0) is 14.9. The Hall–Kier alpha value is -0.630. The lowest BCUT2D eigenvalue weighted by Crippen LogP contribution is -2.38. The van der Waals surface area contributed by atoms with Gasteiger partial charge in [0, 0.05) is 31.0 Å². The lowest BCUT2D eigenvalue weighted by molar-refractivity contribution is -0.230. The van der Waals surface area contributed by atoms with E-state index in [0.29, 0.717) is 11.8 Å². The Balaban J connectivity index is 1.57. The summed E-state index contributed by atoms with van der Waals surface area (Å²) >= 11 is 0. The van der Waals surface area contributed by atoms with E-state index in [1.807, 2.05) is 0 Å². The van der Waals surface area contributed by atoms with Crippen LogP contribution in [0.5, 0.6) is 0 Å². The molecule has 1 aliphatic carbocycles. The van der Waals surface area contributed by atoms with Gasteiger partial charge in [-0.15, -0.1) is 0 Å². The summed E-state index contributed by atoms with van der Waals surface area (Å²) in [6, 6.07) is 2.38. The lowest BCUT2D eigenvalue weighted by atomic mass is 9.82. The standard InChI is InChI=1S/C17H29NO3/c1-2-3-9-19-10-8-15-12-20-17(21-13-15)16-6-4-14(11-18)5-7-16/h14-17H,2-10,12-13H2,1H3/t14?,15-,16?,17-. The van der Waals surface area contributed by atoms with Crippen molar-refractivity contribution in [3.63, 3.8) is 0 Å². The number of nitrogens with zero attached hydrogens (tertiary/aromatic N) is 1. The van der Waals surface area contributed by atoms with Gasteiger partial charge in [0.25, 0.3) is 0 Å². The summed E-state index contributed by atoms with van der Waals surface area (Å²) in [4.78, 5) is 0. The van der Waals surface area contributed by atoms with Crippen LogP contribution in [0.3, 0.4) is 0 Å². The zero-order valence-corrected chi connectivity index (χ0v) is 13.3. The average Bonchev–Trinajstić information content (AvgIpc) is 2.55. The van der Waals surface area contributed by atoms with Crippen LogP contribution in [0.4, 0.5) is 0 Å². The van der Waals surface area contributed by atoms with Crippen molar-refractivity contribution in [2.24, 2.45) is 17.8 Å². The molecular formula is C17H29NO3. The summed E-state index contributed by atoms with van der Waals surface area (Å²) in [5.41, 5.74) is 0. The molecule has 1 heterocycles. The fourth-order valence-electron chi connectivity index (χ4n) is 3.12. The zero-order valence-electron chi connectivity index (χ0n) is 13.3. The van der Waals surface area contributed by atoms with Crippen LogP contribution in [0, 0.1) is 29.1 Å². The lowest BCUT2D eigenvalue weighted by Gasteiger charge is -2.36. The molecule has 4 heteroatoms. The first-order chi connectivity index (χ1) is 10.3. The van der Waals surface area contributed by atoms with Crippen molar-refractivity contribution in [3.05, 3.63) is 0 Å². The average molecular weight is 295 g/mol. The highest BCUT2D eigenvalue weighted by Crippen LogP contribution is 2.33. The highest BCUT2D eigenvalue weighted by Gasteiger charge is 2.32. The van der Waals surface area contributed by atoms with E-state index in [0.717, 1.165) is 65.0 Å². The van der Waals surface area contributed by atoms with Crippen LogP contribution in [0.2, 0.25) is 0 Å². The fourth-order valence-corrected chi connectivity index (χ4v) is 3.12. The Bertz CT molecular complexity index is 312. The van der Waals surface area contributed by atoms with Gasteiger partial charge in [0.1, 0.15) is 0 Å². The van der Waals surface area contributed by atoms with Gasteiger partial charge in [-0.25, -0.2) is 0 Å². The molecule has 0 atom stereocenters. The number of unbranched alkanes of at least 4 members (excludes halogenated alkanes) is 1. The second kappa shape index (κ2) is 9.40. The molecule has 0 bridgehead atoms. The molecule has 1 saturated heterocycles. The van der Waals surface area contributed by atoms with Crippen LogP contribution in [-0.4, -0.2) is 32.7 Å². The third-order valence-corrected chi connectivity index (χ3v) is 4.64. The first kappa shape index (κ1) is 16.7. The van der Waals surface area contributed by atoms with Crippen molar-refractivity contribution in [2.45, 2.75) is 58.2 Å². The molecule has 0 unspecified atom stereocenters. The van der Waals surface area contributed by atoms with Crippen molar-refractivity contribution >= 4 is 0 Å². The van der Waals surface area contributed by atoms with Gasteiger partial charge in [0.2, 0.25) is 0 Å². The van der Waals surface area contributed by atoms with Gasteiger partial charge in [-0.3, -0.25) is 0 Å². The topological polar surface area (TPSA) is 51.5 Å². The predicted molar refractivity (Wildman–Crippen MR) is 80.6 cm³/mol. The van der Waals surface area contributed by atoms with Gasteiger partial charge >= 0.3 is 0 Å². The summed E-state index contributed by atoms with van der Waals surface area (Å²) in [6.45, 7) is 5.45. The van der Waals surface area contributed by atoms with E-state index in [9.17, 15) is 0 Å². The van der Waals surface area contributed by atoms with Crippen LogP contribution in [0.15, 0.2) is 0 Å². The molecule has 1 aliphatic heterocycles.